The van der Waals surface area contributed by atoms with Crippen LogP contribution in [0.3, 0.4) is 0 Å². The maximum absolute atomic E-state index is 11.4. The van der Waals surface area contributed by atoms with E-state index in [1.54, 1.807) is 6.07 Å². The molecule has 76 valence electrons. The van der Waals surface area contributed by atoms with E-state index in [1.807, 2.05) is 19.1 Å². The molecule has 0 radical (unpaired) electrons. The molecule has 0 aliphatic heterocycles. The molecular formula is C11H9NO3. The SMILES string of the molecule is Cc1cccc2cc(C(N)=O)c(=O)oc12. The Morgan fingerprint density at radius 2 is 2.13 bits per heavy atom. The zero-order chi connectivity index (χ0) is 11.0. The average molecular weight is 203 g/mol. The van der Waals surface area contributed by atoms with E-state index in [2.05, 4.69) is 0 Å². The smallest absolute Gasteiger partial charge is 0.349 e. The summed E-state index contributed by atoms with van der Waals surface area (Å²) in [6.07, 6.45) is 0. The Kier molecular flexibility index (Phi) is 2.04. The van der Waals surface area contributed by atoms with Gasteiger partial charge in [-0.15, -0.1) is 0 Å². The van der Waals surface area contributed by atoms with E-state index in [1.165, 1.54) is 6.07 Å². The molecule has 4 nitrogen and oxygen atoms in total. The van der Waals surface area contributed by atoms with Crippen molar-refractivity contribution < 1.29 is 9.21 Å². The number of benzene rings is 1. The Morgan fingerprint density at radius 3 is 2.80 bits per heavy atom. The molecule has 0 bridgehead atoms. The van der Waals surface area contributed by atoms with Crippen LogP contribution in [0.1, 0.15) is 15.9 Å². The summed E-state index contributed by atoms with van der Waals surface area (Å²) in [5.74, 6) is -0.771. The number of carbonyl (C=O) groups is 1. The van der Waals surface area contributed by atoms with Crippen LogP contribution in [0.5, 0.6) is 0 Å². The number of amides is 1. The summed E-state index contributed by atoms with van der Waals surface area (Å²) in [6, 6.07) is 6.87. The highest BCUT2D eigenvalue weighted by Gasteiger charge is 2.10. The lowest BCUT2D eigenvalue weighted by atomic mass is 10.1. The summed E-state index contributed by atoms with van der Waals surface area (Å²) in [5, 5.41) is 0.698. The Labute approximate surface area is 85.3 Å². The Bertz CT molecular complexity index is 598. The second kappa shape index (κ2) is 3.24. The van der Waals surface area contributed by atoms with Gasteiger partial charge in [-0.25, -0.2) is 4.79 Å². The van der Waals surface area contributed by atoms with Gasteiger partial charge in [0.1, 0.15) is 11.1 Å². The number of rotatable bonds is 1. The number of aryl methyl sites for hydroxylation is 1. The maximum Gasteiger partial charge on any atom is 0.349 e. The van der Waals surface area contributed by atoms with Crippen LogP contribution >= 0.6 is 0 Å². The average Bonchev–Trinajstić information content (AvgIpc) is 2.18. The summed E-state index contributed by atoms with van der Waals surface area (Å²) in [4.78, 5) is 22.3. The van der Waals surface area contributed by atoms with E-state index >= 15 is 0 Å². The first-order valence-electron chi connectivity index (χ1n) is 4.43. The monoisotopic (exact) mass is 203 g/mol. The van der Waals surface area contributed by atoms with Crippen molar-refractivity contribution in [1.29, 1.82) is 0 Å². The minimum absolute atomic E-state index is 0.117. The number of hydrogen-bond acceptors (Lipinski definition) is 3. The highest BCUT2D eigenvalue weighted by molar-refractivity contribution is 5.95. The van der Waals surface area contributed by atoms with Crippen LogP contribution in [0.25, 0.3) is 11.0 Å². The van der Waals surface area contributed by atoms with E-state index in [-0.39, 0.29) is 5.56 Å². The van der Waals surface area contributed by atoms with Crippen molar-refractivity contribution in [3.05, 3.63) is 45.8 Å². The predicted molar refractivity (Wildman–Crippen MR) is 55.7 cm³/mol. The molecule has 1 heterocycles. The summed E-state index contributed by atoms with van der Waals surface area (Å²) in [6.45, 7) is 1.83. The molecule has 15 heavy (non-hydrogen) atoms. The van der Waals surface area contributed by atoms with Crippen molar-refractivity contribution in [2.45, 2.75) is 6.92 Å². The van der Waals surface area contributed by atoms with E-state index in [9.17, 15) is 9.59 Å². The minimum atomic E-state index is -0.771. The van der Waals surface area contributed by atoms with Gasteiger partial charge in [0, 0.05) is 5.39 Å². The minimum Gasteiger partial charge on any atom is -0.422 e. The molecule has 4 heteroatoms. The normalized spacial score (nSPS) is 10.5. The van der Waals surface area contributed by atoms with Crippen LogP contribution in [0.2, 0.25) is 0 Å². The van der Waals surface area contributed by atoms with Gasteiger partial charge in [0.05, 0.1) is 0 Å². The van der Waals surface area contributed by atoms with Crippen molar-refractivity contribution in [3.63, 3.8) is 0 Å². The van der Waals surface area contributed by atoms with E-state index in [4.69, 9.17) is 10.2 Å². The van der Waals surface area contributed by atoms with E-state index in [0.29, 0.717) is 11.0 Å². The summed E-state index contributed by atoms with van der Waals surface area (Å²) < 4.78 is 5.03. The standard InChI is InChI=1S/C11H9NO3/c1-6-3-2-4-7-5-8(10(12)13)11(14)15-9(6)7/h2-5H,1H3,(H2,12,13). The first-order chi connectivity index (χ1) is 7.09. The van der Waals surface area contributed by atoms with Gasteiger partial charge in [-0.2, -0.15) is 0 Å². The second-order valence-corrected chi connectivity index (χ2v) is 3.31. The Morgan fingerprint density at radius 1 is 1.40 bits per heavy atom. The Balaban J connectivity index is 2.88. The molecule has 0 fully saturated rings. The number of para-hydroxylation sites is 1. The highest BCUT2D eigenvalue weighted by atomic mass is 16.4. The highest BCUT2D eigenvalue weighted by Crippen LogP contribution is 2.16. The number of fused-ring (bicyclic) bond motifs is 1. The molecule has 0 unspecified atom stereocenters. The van der Waals surface area contributed by atoms with Crippen molar-refractivity contribution in [3.8, 4) is 0 Å². The molecule has 0 saturated carbocycles. The quantitative estimate of drug-likeness (QED) is 0.707. The molecule has 2 rings (SSSR count). The van der Waals surface area contributed by atoms with Crippen molar-refractivity contribution >= 4 is 16.9 Å². The first kappa shape index (κ1) is 9.45. The molecule has 1 amide bonds. The molecule has 2 N–H and O–H groups in total. The summed E-state index contributed by atoms with van der Waals surface area (Å²) in [5.41, 5.74) is 5.58. The second-order valence-electron chi connectivity index (χ2n) is 3.31. The van der Waals surface area contributed by atoms with Crippen molar-refractivity contribution in [2.24, 2.45) is 5.73 Å². The molecule has 2 aromatic rings. The van der Waals surface area contributed by atoms with Gasteiger partial charge in [0.15, 0.2) is 0 Å². The van der Waals surface area contributed by atoms with Crippen LogP contribution in [-0.4, -0.2) is 5.91 Å². The van der Waals surface area contributed by atoms with Gasteiger partial charge in [0.2, 0.25) is 0 Å². The molecular weight excluding hydrogens is 194 g/mol. The van der Waals surface area contributed by atoms with Gasteiger partial charge < -0.3 is 10.2 Å². The molecule has 0 aliphatic rings. The number of hydrogen-bond donors (Lipinski definition) is 1. The van der Waals surface area contributed by atoms with Gasteiger partial charge in [-0.3, -0.25) is 4.79 Å². The fourth-order valence-corrected chi connectivity index (χ4v) is 1.46. The lowest BCUT2D eigenvalue weighted by molar-refractivity contribution is 0.0997. The number of carbonyl (C=O) groups excluding carboxylic acids is 1. The molecule has 0 aliphatic carbocycles. The van der Waals surface area contributed by atoms with Crippen LogP contribution in [0.4, 0.5) is 0 Å². The lowest BCUT2D eigenvalue weighted by Crippen LogP contribution is -2.20. The van der Waals surface area contributed by atoms with Crippen LogP contribution < -0.4 is 11.4 Å². The summed E-state index contributed by atoms with van der Waals surface area (Å²) >= 11 is 0. The zero-order valence-corrected chi connectivity index (χ0v) is 8.11. The summed E-state index contributed by atoms with van der Waals surface area (Å²) in [7, 11) is 0. The third-order valence-corrected chi connectivity index (χ3v) is 2.22. The number of primary amides is 1. The molecule has 1 aromatic heterocycles. The third kappa shape index (κ3) is 1.50. The first-order valence-corrected chi connectivity index (χ1v) is 4.43. The molecule has 0 atom stereocenters. The maximum atomic E-state index is 11.4. The van der Waals surface area contributed by atoms with Crippen molar-refractivity contribution in [2.75, 3.05) is 0 Å². The molecule has 1 aromatic carbocycles. The number of nitrogens with two attached hydrogens (primary N) is 1. The van der Waals surface area contributed by atoms with E-state index in [0.717, 1.165) is 5.56 Å². The zero-order valence-electron chi connectivity index (χ0n) is 8.11. The Hall–Kier alpha value is -2.10. The molecule has 0 spiro atoms. The fraction of sp³-hybridized carbons (Fsp3) is 0.0909. The van der Waals surface area contributed by atoms with Crippen LogP contribution in [0, 0.1) is 6.92 Å². The van der Waals surface area contributed by atoms with Gasteiger partial charge in [-0.1, -0.05) is 18.2 Å². The predicted octanol–water partition coefficient (Wildman–Crippen LogP) is 1.20. The van der Waals surface area contributed by atoms with Crippen LogP contribution in [-0.2, 0) is 0 Å². The molecule has 0 saturated heterocycles. The van der Waals surface area contributed by atoms with Gasteiger partial charge >= 0.3 is 5.63 Å². The van der Waals surface area contributed by atoms with Crippen molar-refractivity contribution in [1.82, 2.24) is 0 Å². The topological polar surface area (TPSA) is 73.3 Å². The van der Waals surface area contributed by atoms with Crippen LogP contribution in [0.15, 0.2) is 33.5 Å². The fourth-order valence-electron chi connectivity index (χ4n) is 1.46. The van der Waals surface area contributed by atoms with Gasteiger partial charge in [0.25, 0.3) is 5.91 Å². The van der Waals surface area contributed by atoms with E-state index < -0.39 is 11.5 Å². The largest absolute Gasteiger partial charge is 0.422 e. The lowest BCUT2D eigenvalue weighted by Gasteiger charge is -2.00. The third-order valence-electron chi connectivity index (χ3n) is 2.22. The van der Waals surface area contributed by atoms with Gasteiger partial charge in [-0.05, 0) is 18.6 Å².